The predicted octanol–water partition coefficient (Wildman–Crippen LogP) is -0.143. The molecule has 8 heteroatoms. The fraction of sp³-hybridized carbons (Fsp3) is 0.167. The zero-order valence-corrected chi connectivity index (χ0v) is 8.06. The van der Waals surface area contributed by atoms with Crippen molar-refractivity contribution in [3.63, 3.8) is 0 Å². The monoisotopic (exact) mass is 216 g/mol. The number of aromatic nitrogens is 4. The Hall–Kier alpha value is -1.54. The van der Waals surface area contributed by atoms with E-state index in [9.17, 15) is 8.42 Å². The van der Waals surface area contributed by atoms with E-state index >= 15 is 0 Å². The van der Waals surface area contributed by atoms with Crippen molar-refractivity contribution >= 4 is 21.3 Å². The molecule has 0 aliphatic carbocycles. The van der Waals surface area contributed by atoms with Crippen LogP contribution in [0.3, 0.4) is 0 Å². The summed E-state index contributed by atoms with van der Waals surface area (Å²) in [7, 11) is -3.67. The summed E-state index contributed by atoms with van der Waals surface area (Å²) >= 11 is 0. The summed E-state index contributed by atoms with van der Waals surface area (Å²) in [5.74, 6) is 0. The number of H-pyrrole nitrogens is 1. The smallest absolute Gasteiger partial charge is 0.261 e. The topological polar surface area (TPSA) is 109 Å². The summed E-state index contributed by atoms with van der Waals surface area (Å²) in [5.41, 5.74) is 1.47. The molecule has 0 unspecified atom stereocenters. The minimum absolute atomic E-state index is 0.664. The molecular weight excluding hydrogens is 208 g/mol. The number of pyridine rings is 1. The minimum Gasteiger partial charge on any atom is -0.286 e. The van der Waals surface area contributed by atoms with Crippen LogP contribution in [0.1, 0.15) is 0 Å². The second-order valence-corrected chi connectivity index (χ2v) is 3.87. The highest BCUT2D eigenvalue weighted by Gasteiger charge is 1.92. The van der Waals surface area contributed by atoms with Crippen molar-refractivity contribution in [2.45, 2.75) is 0 Å². The van der Waals surface area contributed by atoms with E-state index in [1.807, 2.05) is 12.1 Å². The molecular formula is C6H8N4O3S. The second-order valence-electron chi connectivity index (χ2n) is 2.40. The largest absolute Gasteiger partial charge is 0.286 e. The van der Waals surface area contributed by atoms with Crippen molar-refractivity contribution in [1.29, 1.82) is 0 Å². The van der Waals surface area contributed by atoms with Gasteiger partial charge in [-0.3, -0.25) is 4.55 Å². The Bertz CT molecular complexity index is 468. The van der Waals surface area contributed by atoms with E-state index in [0.717, 1.165) is 5.52 Å². The van der Waals surface area contributed by atoms with Gasteiger partial charge in [0.1, 0.15) is 5.52 Å². The molecule has 0 saturated heterocycles. The van der Waals surface area contributed by atoms with Gasteiger partial charge in [-0.1, -0.05) is 0 Å². The zero-order valence-electron chi connectivity index (χ0n) is 7.25. The van der Waals surface area contributed by atoms with Gasteiger partial charge in [-0.05, 0) is 12.1 Å². The van der Waals surface area contributed by atoms with E-state index in [0.29, 0.717) is 11.9 Å². The number of fused-ring (bicyclic) bond motifs is 1. The number of hydrogen-bond acceptors (Lipinski definition) is 5. The van der Waals surface area contributed by atoms with Crippen molar-refractivity contribution in [3.05, 3.63) is 18.3 Å². The number of nitrogens with one attached hydrogen (secondary N) is 1. The Morgan fingerprint density at radius 1 is 1.43 bits per heavy atom. The maximum Gasteiger partial charge on any atom is 0.261 e. The first kappa shape index (κ1) is 10.5. The molecule has 0 fully saturated rings. The summed E-state index contributed by atoms with van der Waals surface area (Å²) in [6.45, 7) is 0. The molecule has 7 nitrogen and oxygen atoms in total. The van der Waals surface area contributed by atoms with Crippen molar-refractivity contribution in [2.75, 3.05) is 6.26 Å². The Morgan fingerprint density at radius 3 is 2.64 bits per heavy atom. The van der Waals surface area contributed by atoms with E-state index in [2.05, 4.69) is 20.4 Å². The molecule has 0 amide bonds. The molecule has 0 spiro atoms. The molecule has 0 bridgehead atoms. The highest BCUT2D eigenvalue weighted by atomic mass is 32.2. The van der Waals surface area contributed by atoms with Crippen LogP contribution in [0.2, 0.25) is 0 Å². The van der Waals surface area contributed by atoms with Crippen LogP contribution in [0.25, 0.3) is 11.2 Å². The first-order valence-electron chi connectivity index (χ1n) is 3.51. The molecule has 76 valence electrons. The van der Waals surface area contributed by atoms with E-state index in [1.165, 1.54) is 0 Å². The zero-order chi connectivity index (χ0) is 10.6. The molecule has 2 aromatic rings. The quantitative estimate of drug-likeness (QED) is 0.593. The summed E-state index contributed by atoms with van der Waals surface area (Å²) in [4.78, 5) is 3.94. The third kappa shape index (κ3) is 3.92. The van der Waals surface area contributed by atoms with Crippen LogP contribution in [0, 0.1) is 0 Å². The fourth-order valence-corrected chi connectivity index (χ4v) is 0.688. The van der Waals surface area contributed by atoms with Crippen LogP contribution >= 0.6 is 0 Å². The lowest BCUT2D eigenvalue weighted by atomic mass is 10.4. The first-order chi connectivity index (χ1) is 6.47. The van der Waals surface area contributed by atoms with Crippen LogP contribution < -0.4 is 0 Å². The average Bonchev–Trinajstić information content (AvgIpc) is 2.47. The number of hydrogen-bond donors (Lipinski definition) is 2. The van der Waals surface area contributed by atoms with Gasteiger partial charge in [-0.2, -0.15) is 18.7 Å². The summed E-state index contributed by atoms with van der Waals surface area (Å²) in [6, 6.07) is 3.68. The average molecular weight is 216 g/mol. The highest BCUT2D eigenvalue weighted by Crippen LogP contribution is 1.99. The minimum atomic E-state index is -3.67. The van der Waals surface area contributed by atoms with Gasteiger partial charge >= 0.3 is 0 Å². The Morgan fingerprint density at radius 2 is 2.07 bits per heavy atom. The standard InChI is InChI=1S/C5H4N4.CH4O3S/c1-2-4-5(6-3-1)8-9-7-4;1-5(2,3)4/h1-3H,(H,6,7,8,9);1H3,(H,2,3,4). The Balaban J connectivity index is 0.000000171. The van der Waals surface area contributed by atoms with Crippen molar-refractivity contribution in [3.8, 4) is 0 Å². The van der Waals surface area contributed by atoms with Crippen LogP contribution in [0.15, 0.2) is 18.3 Å². The molecule has 0 aromatic carbocycles. The van der Waals surface area contributed by atoms with Crippen LogP contribution in [0.5, 0.6) is 0 Å². The van der Waals surface area contributed by atoms with Gasteiger partial charge in [0.25, 0.3) is 10.1 Å². The van der Waals surface area contributed by atoms with Crippen molar-refractivity contribution in [1.82, 2.24) is 20.4 Å². The van der Waals surface area contributed by atoms with Crippen LogP contribution in [-0.2, 0) is 10.1 Å². The van der Waals surface area contributed by atoms with Gasteiger partial charge in [0, 0.05) is 6.20 Å². The Kier molecular flexibility index (Phi) is 3.10. The molecule has 0 aliphatic rings. The molecule has 0 atom stereocenters. The van der Waals surface area contributed by atoms with Crippen molar-refractivity contribution in [2.24, 2.45) is 0 Å². The van der Waals surface area contributed by atoms with Crippen molar-refractivity contribution < 1.29 is 13.0 Å². The summed E-state index contributed by atoms with van der Waals surface area (Å²) in [5, 5.41) is 10.1. The fourth-order valence-electron chi connectivity index (χ4n) is 0.688. The molecule has 2 rings (SSSR count). The SMILES string of the molecule is CS(=O)(=O)O.c1cnc2n[nH]nc2c1. The number of rotatable bonds is 0. The lowest BCUT2D eigenvalue weighted by Gasteiger charge is -1.77. The summed E-state index contributed by atoms with van der Waals surface area (Å²) < 4.78 is 25.9. The Labute approximate surface area is 79.9 Å². The van der Waals surface area contributed by atoms with E-state index in [1.54, 1.807) is 6.20 Å². The highest BCUT2D eigenvalue weighted by molar-refractivity contribution is 7.85. The van der Waals surface area contributed by atoms with E-state index < -0.39 is 10.1 Å². The molecule has 0 radical (unpaired) electrons. The third-order valence-electron chi connectivity index (χ3n) is 1.09. The first-order valence-corrected chi connectivity index (χ1v) is 5.35. The van der Waals surface area contributed by atoms with E-state index in [-0.39, 0.29) is 0 Å². The summed E-state index contributed by atoms with van der Waals surface area (Å²) in [6.07, 6.45) is 2.40. The molecule has 2 heterocycles. The number of aromatic amines is 1. The maximum absolute atomic E-state index is 9.19. The molecule has 0 aliphatic heterocycles. The molecule has 2 aromatic heterocycles. The predicted molar refractivity (Wildman–Crippen MR) is 49.2 cm³/mol. The van der Waals surface area contributed by atoms with Gasteiger partial charge < -0.3 is 0 Å². The second kappa shape index (κ2) is 4.11. The molecule has 2 N–H and O–H groups in total. The van der Waals surface area contributed by atoms with Gasteiger partial charge in [0.05, 0.1) is 6.26 Å². The lowest BCUT2D eigenvalue weighted by molar-refractivity contribution is 0.490. The maximum atomic E-state index is 9.19. The van der Waals surface area contributed by atoms with Crippen LogP contribution in [-0.4, -0.2) is 39.6 Å². The number of nitrogens with zero attached hydrogens (tertiary/aromatic N) is 3. The van der Waals surface area contributed by atoms with Gasteiger partial charge in [0.15, 0.2) is 0 Å². The van der Waals surface area contributed by atoms with E-state index in [4.69, 9.17) is 4.55 Å². The van der Waals surface area contributed by atoms with Gasteiger partial charge in [-0.15, -0.1) is 5.10 Å². The van der Waals surface area contributed by atoms with Gasteiger partial charge in [-0.25, -0.2) is 4.98 Å². The van der Waals surface area contributed by atoms with Crippen LogP contribution in [0.4, 0.5) is 0 Å². The molecule has 0 saturated carbocycles. The third-order valence-corrected chi connectivity index (χ3v) is 1.09. The molecule has 14 heavy (non-hydrogen) atoms. The normalized spacial score (nSPS) is 10.7. The lowest BCUT2D eigenvalue weighted by Crippen LogP contribution is -1.88. The van der Waals surface area contributed by atoms with Gasteiger partial charge in [0.2, 0.25) is 5.65 Å².